The van der Waals surface area contributed by atoms with E-state index >= 15 is 0 Å². The Morgan fingerprint density at radius 2 is 1.91 bits per heavy atom. The Morgan fingerprint density at radius 1 is 1.16 bits per heavy atom. The molecule has 0 spiro atoms. The van der Waals surface area contributed by atoms with Crippen molar-refractivity contribution in [2.75, 3.05) is 20.2 Å². The summed E-state index contributed by atoms with van der Waals surface area (Å²) < 4.78 is 32.2. The maximum Gasteiger partial charge on any atom is 0.233 e. The van der Waals surface area contributed by atoms with E-state index < -0.39 is 5.41 Å². The first-order valence-corrected chi connectivity index (χ1v) is 11.7. The van der Waals surface area contributed by atoms with Gasteiger partial charge in [-0.05, 0) is 55.5 Å². The van der Waals surface area contributed by atoms with Gasteiger partial charge < -0.3 is 9.64 Å². The second kappa shape index (κ2) is 8.28. The molecule has 3 aromatic rings. The first-order chi connectivity index (χ1) is 15.5. The van der Waals surface area contributed by atoms with Crippen molar-refractivity contribution in [1.29, 1.82) is 0 Å². The second-order valence-electron chi connectivity index (χ2n) is 8.59. The average molecular weight is 455 g/mol. The van der Waals surface area contributed by atoms with Crippen LogP contribution in [-0.4, -0.2) is 36.0 Å². The first-order valence-electron chi connectivity index (χ1n) is 10.8. The summed E-state index contributed by atoms with van der Waals surface area (Å²) >= 11 is 1.57. The molecule has 4 nitrogen and oxygen atoms in total. The first kappa shape index (κ1) is 21.1. The summed E-state index contributed by atoms with van der Waals surface area (Å²) in [7, 11) is 1.52. The maximum atomic E-state index is 13.6. The van der Waals surface area contributed by atoms with Crippen LogP contribution in [-0.2, 0) is 10.2 Å². The molecule has 1 unspecified atom stereocenters. The molecule has 2 fully saturated rings. The van der Waals surface area contributed by atoms with E-state index in [1.165, 1.54) is 31.4 Å². The number of benzene rings is 2. The zero-order chi connectivity index (χ0) is 22.3. The van der Waals surface area contributed by atoms with Gasteiger partial charge in [-0.2, -0.15) is 0 Å². The number of amides is 1. The van der Waals surface area contributed by atoms with Crippen LogP contribution in [0.3, 0.4) is 0 Å². The smallest absolute Gasteiger partial charge is 0.233 e. The van der Waals surface area contributed by atoms with Gasteiger partial charge in [-0.15, -0.1) is 11.3 Å². The summed E-state index contributed by atoms with van der Waals surface area (Å²) in [6.07, 6.45) is 3.51. The van der Waals surface area contributed by atoms with Crippen molar-refractivity contribution in [3.05, 3.63) is 70.1 Å². The summed E-state index contributed by atoms with van der Waals surface area (Å²) in [6.45, 7) is 1.37. The summed E-state index contributed by atoms with van der Waals surface area (Å²) in [5.74, 6) is 0.134. The van der Waals surface area contributed by atoms with Gasteiger partial charge in [-0.3, -0.25) is 4.79 Å². The number of rotatable bonds is 5. The molecule has 1 amide bonds. The van der Waals surface area contributed by atoms with Crippen molar-refractivity contribution in [2.24, 2.45) is 0 Å². The van der Waals surface area contributed by atoms with Crippen LogP contribution in [0, 0.1) is 11.6 Å². The average Bonchev–Trinajstić information content (AvgIpc) is 3.48. The van der Waals surface area contributed by atoms with Gasteiger partial charge in [0, 0.05) is 36.0 Å². The molecule has 1 aliphatic heterocycles. The van der Waals surface area contributed by atoms with Crippen LogP contribution in [0.4, 0.5) is 8.78 Å². The number of likely N-dealkylation sites (tertiary alicyclic amines) is 1. The third-order valence-electron chi connectivity index (χ3n) is 6.58. The molecule has 5 rings (SSSR count). The van der Waals surface area contributed by atoms with Crippen LogP contribution < -0.4 is 4.74 Å². The Bertz CT molecular complexity index is 1140. The molecule has 1 saturated carbocycles. The zero-order valence-electron chi connectivity index (χ0n) is 17.8. The second-order valence-corrected chi connectivity index (χ2v) is 9.48. The molecular formula is C25H24F2N2O2S. The van der Waals surface area contributed by atoms with Gasteiger partial charge in [0.2, 0.25) is 5.91 Å². The number of carbonyl (C=O) groups excluding carboxylic acids is 1. The van der Waals surface area contributed by atoms with E-state index in [4.69, 9.17) is 9.72 Å². The van der Waals surface area contributed by atoms with Crippen molar-refractivity contribution in [2.45, 2.75) is 37.0 Å². The van der Waals surface area contributed by atoms with E-state index in [1.807, 2.05) is 10.3 Å². The number of piperidine rings is 1. The molecule has 2 aromatic carbocycles. The quantitative estimate of drug-likeness (QED) is 0.509. The summed E-state index contributed by atoms with van der Waals surface area (Å²) in [5, 5.41) is 2.95. The van der Waals surface area contributed by atoms with Gasteiger partial charge in [0.25, 0.3) is 0 Å². The Morgan fingerprint density at radius 3 is 2.62 bits per heavy atom. The Labute approximate surface area is 189 Å². The Balaban J connectivity index is 1.34. The van der Waals surface area contributed by atoms with E-state index in [9.17, 15) is 13.6 Å². The Hall–Kier alpha value is -2.80. The molecular weight excluding hydrogens is 430 g/mol. The molecule has 1 saturated heterocycles. The van der Waals surface area contributed by atoms with Crippen LogP contribution in [0.25, 0.3) is 11.3 Å². The lowest BCUT2D eigenvalue weighted by Gasteiger charge is -2.34. The van der Waals surface area contributed by atoms with Crippen molar-refractivity contribution in [3.63, 3.8) is 0 Å². The minimum Gasteiger partial charge on any atom is -0.496 e. The van der Waals surface area contributed by atoms with E-state index in [1.54, 1.807) is 29.5 Å². The van der Waals surface area contributed by atoms with Crippen LogP contribution in [0.15, 0.2) is 47.8 Å². The molecule has 1 atom stereocenters. The van der Waals surface area contributed by atoms with Gasteiger partial charge in [0.05, 0.1) is 23.2 Å². The van der Waals surface area contributed by atoms with E-state index in [0.717, 1.165) is 54.1 Å². The number of carbonyl (C=O) groups is 1. The molecule has 166 valence electrons. The monoisotopic (exact) mass is 454 g/mol. The summed E-state index contributed by atoms with van der Waals surface area (Å²) in [4.78, 5) is 20.2. The highest BCUT2D eigenvalue weighted by atomic mass is 32.1. The highest BCUT2D eigenvalue weighted by Gasteiger charge is 2.53. The summed E-state index contributed by atoms with van der Waals surface area (Å²) in [6, 6.07) is 10.8. The third-order valence-corrected chi connectivity index (χ3v) is 7.58. The number of halogens is 2. The zero-order valence-corrected chi connectivity index (χ0v) is 18.6. The van der Waals surface area contributed by atoms with Crippen molar-refractivity contribution in [3.8, 4) is 17.0 Å². The van der Waals surface area contributed by atoms with Crippen LogP contribution >= 0.6 is 11.3 Å². The number of ether oxygens (including phenoxy) is 1. The minimum absolute atomic E-state index is 0.144. The standard InChI is InChI=1S/C25H24F2N2O2S/c1-31-22-13-19(27)8-9-20(22)21-15-32-23(28-21)16-3-2-12-29(14-16)24(30)25(10-11-25)17-4-6-18(26)7-5-17/h4-9,13,15-16H,2-3,10-12,14H2,1H3. The number of nitrogens with zero attached hydrogens (tertiary/aromatic N) is 2. The van der Waals surface area contributed by atoms with Gasteiger partial charge in [-0.25, -0.2) is 13.8 Å². The predicted molar refractivity (Wildman–Crippen MR) is 120 cm³/mol. The van der Waals surface area contributed by atoms with E-state index in [-0.39, 0.29) is 23.5 Å². The lowest BCUT2D eigenvalue weighted by Crippen LogP contribution is -2.44. The van der Waals surface area contributed by atoms with Crippen LogP contribution in [0.5, 0.6) is 5.75 Å². The fourth-order valence-electron chi connectivity index (χ4n) is 4.66. The molecule has 0 N–H and O–H groups in total. The minimum atomic E-state index is -0.495. The van der Waals surface area contributed by atoms with Gasteiger partial charge in [0.1, 0.15) is 17.4 Å². The fraction of sp³-hybridized carbons (Fsp3) is 0.360. The lowest BCUT2D eigenvalue weighted by molar-refractivity contribution is -0.135. The molecule has 2 aliphatic rings. The van der Waals surface area contributed by atoms with E-state index in [0.29, 0.717) is 12.3 Å². The molecule has 1 aliphatic carbocycles. The number of aromatic nitrogens is 1. The highest BCUT2D eigenvalue weighted by Crippen LogP contribution is 2.50. The molecule has 2 heterocycles. The molecule has 1 aromatic heterocycles. The topological polar surface area (TPSA) is 42.4 Å². The van der Waals surface area contributed by atoms with Crippen molar-refractivity contribution >= 4 is 17.2 Å². The summed E-state index contributed by atoms with van der Waals surface area (Å²) in [5.41, 5.74) is 1.93. The van der Waals surface area contributed by atoms with E-state index in [2.05, 4.69) is 0 Å². The number of methoxy groups -OCH3 is 1. The Kier molecular flexibility index (Phi) is 5.45. The van der Waals surface area contributed by atoms with Crippen LogP contribution in [0.2, 0.25) is 0 Å². The number of hydrogen-bond donors (Lipinski definition) is 0. The highest BCUT2D eigenvalue weighted by molar-refractivity contribution is 7.10. The largest absolute Gasteiger partial charge is 0.496 e. The third kappa shape index (κ3) is 3.79. The predicted octanol–water partition coefficient (Wildman–Crippen LogP) is 5.53. The van der Waals surface area contributed by atoms with Gasteiger partial charge >= 0.3 is 0 Å². The lowest BCUT2D eigenvalue weighted by atomic mass is 9.91. The number of hydrogen-bond acceptors (Lipinski definition) is 4. The van der Waals surface area contributed by atoms with Crippen molar-refractivity contribution in [1.82, 2.24) is 9.88 Å². The SMILES string of the molecule is COc1cc(F)ccc1-c1csc(C2CCCN(C(=O)C3(c4ccc(F)cc4)CC3)C2)n1. The molecule has 32 heavy (non-hydrogen) atoms. The molecule has 0 bridgehead atoms. The fourth-order valence-corrected chi connectivity index (χ4v) is 5.61. The number of thiazole rings is 1. The van der Waals surface area contributed by atoms with Gasteiger partial charge in [-0.1, -0.05) is 12.1 Å². The molecule has 0 radical (unpaired) electrons. The molecule has 7 heteroatoms. The normalized spacial score (nSPS) is 19.6. The van der Waals surface area contributed by atoms with Gasteiger partial charge in [0.15, 0.2) is 0 Å². The van der Waals surface area contributed by atoms with Crippen LogP contribution in [0.1, 0.15) is 42.2 Å². The van der Waals surface area contributed by atoms with Crippen molar-refractivity contribution < 1.29 is 18.3 Å². The maximum absolute atomic E-state index is 13.6.